The molecule has 24 heavy (non-hydrogen) atoms. The Morgan fingerprint density at radius 1 is 1.33 bits per heavy atom. The van der Waals surface area contributed by atoms with Gasteiger partial charge in [-0.15, -0.1) is 0 Å². The molecule has 124 valence electrons. The van der Waals surface area contributed by atoms with Gasteiger partial charge in [0.1, 0.15) is 17.4 Å². The molecule has 0 fully saturated rings. The minimum atomic E-state index is -0.680. The van der Waals surface area contributed by atoms with Crippen LogP contribution in [0.5, 0.6) is 5.75 Å². The molecular formula is C19H19ClN2O2. The fourth-order valence-corrected chi connectivity index (χ4v) is 2.62. The van der Waals surface area contributed by atoms with Gasteiger partial charge in [0.25, 0.3) is 0 Å². The summed E-state index contributed by atoms with van der Waals surface area (Å²) in [7, 11) is 0. The van der Waals surface area contributed by atoms with E-state index in [4.69, 9.17) is 16.3 Å². The molecule has 0 bridgehead atoms. The Labute approximate surface area is 146 Å². The molecule has 1 aromatic carbocycles. The first-order chi connectivity index (χ1) is 11.5. The lowest BCUT2D eigenvalue weighted by molar-refractivity contribution is -0.129. The molecule has 1 aromatic heterocycles. The van der Waals surface area contributed by atoms with Gasteiger partial charge in [0.05, 0.1) is 0 Å². The van der Waals surface area contributed by atoms with Crippen LogP contribution in [0, 0.1) is 25.2 Å². The van der Waals surface area contributed by atoms with E-state index in [1.807, 2.05) is 26.0 Å². The first kappa shape index (κ1) is 17.8. The molecular weight excluding hydrogens is 324 g/mol. The summed E-state index contributed by atoms with van der Waals surface area (Å²) in [5.41, 5.74) is 2.94. The van der Waals surface area contributed by atoms with Crippen molar-refractivity contribution in [1.29, 1.82) is 5.26 Å². The number of aryl methyl sites for hydroxylation is 1. The number of hydrogen-bond acceptors (Lipinski definition) is 3. The monoisotopic (exact) mass is 342 g/mol. The number of carbonyl (C=O) groups excluding carboxylic acids is 1. The lowest BCUT2D eigenvalue weighted by atomic mass is 10.1. The Bertz CT molecular complexity index is 811. The van der Waals surface area contributed by atoms with Crippen molar-refractivity contribution < 1.29 is 9.53 Å². The zero-order valence-corrected chi connectivity index (χ0v) is 14.7. The summed E-state index contributed by atoms with van der Waals surface area (Å²) in [6.45, 7) is 7.01. The normalized spacial score (nSPS) is 11.2. The number of halogens is 1. The topological polar surface area (TPSA) is 55.0 Å². The second kappa shape index (κ2) is 7.85. The Hall–Kier alpha value is -2.51. The molecule has 1 heterocycles. The number of esters is 1. The fourth-order valence-electron chi connectivity index (χ4n) is 2.50. The molecule has 0 saturated carbocycles. The first-order valence-electron chi connectivity index (χ1n) is 7.72. The predicted octanol–water partition coefficient (Wildman–Crippen LogP) is 4.68. The Balaban J connectivity index is 2.26. The maximum Gasteiger partial charge on any atom is 0.354 e. The van der Waals surface area contributed by atoms with Crippen LogP contribution in [-0.2, 0) is 11.3 Å². The smallest absolute Gasteiger partial charge is 0.354 e. The summed E-state index contributed by atoms with van der Waals surface area (Å²) >= 11 is 5.80. The van der Waals surface area contributed by atoms with Crippen molar-refractivity contribution in [3.8, 4) is 11.8 Å². The number of carbonyl (C=O) groups is 1. The highest BCUT2D eigenvalue weighted by molar-refractivity contribution is 6.30. The molecule has 2 rings (SSSR count). The average molecular weight is 343 g/mol. The lowest BCUT2D eigenvalue weighted by Crippen LogP contribution is -2.10. The standard InChI is InChI=1S/C19H19ClN2O2/c1-4-9-22-13(2)10-15(14(22)3)11-16(12-21)19(23)24-18-7-5-17(20)6-8-18/h5-8,10-11H,4,9H2,1-3H3. The summed E-state index contributed by atoms with van der Waals surface area (Å²) in [6.07, 6.45) is 2.59. The van der Waals surface area contributed by atoms with Gasteiger partial charge in [0.2, 0.25) is 0 Å². The van der Waals surface area contributed by atoms with E-state index in [9.17, 15) is 10.1 Å². The van der Waals surface area contributed by atoms with Crippen LogP contribution < -0.4 is 4.74 Å². The Morgan fingerprint density at radius 2 is 2.00 bits per heavy atom. The molecule has 0 amide bonds. The van der Waals surface area contributed by atoms with Crippen LogP contribution in [0.15, 0.2) is 35.9 Å². The molecule has 0 saturated heterocycles. The number of rotatable bonds is 5. The van der Waals surface area contributed by atoms with Gasteiger partial charge in [-0.1, -0.05) is 18.5 Å². The van der Waals surface area contributed by atoms with Gasteiger partial charge in [-0.25, -0.2) is 4.79 Å². The van der Waals surface area contributed by atoms with Crippen LogP contribution in [0.4, 0.5) is 0 Å². The molecule has 4 nitrogen and oxygen atoms in total. The van der Waals surface area contributed by atoms with Crippen molar-refractivity contribution >= 4 is 23.6 Å². The molecule has 0 spiro atoms. The fraction of sp³-hybridized carbons (Fsp3) is 0.263. The summed E-state index contributed by atoms with van der Waals surface area (Å²) in [5.74, 6) is -0.331. The van der Waals surface area contributed by atoms with Gasteiger partial charge in [-0.3, -0.25) is 0 Å². The third-order valence-electron chi connectivity index (χ3n) is 3.72. The second-order valence-corrected chi connectivity index (χ2v) is 5.93. The zero-order chi connectivity index (χ0) is 17.7. The van der Waals surface area contributed by atoms with Crippen molar-refractivity contribution in [2.24, 2.45) is 0 Å². The zero-order valence-electron chi connectivity index (χ0n) is 14.0. The molecule has 0 N–H and O–H groups in total. The number of ether oxygens (including phenoxy) is 1. The number of nitrogens with zero attached hydrogens (tertiary/aromatic N) is 2. The SMILES string of the molecule is CCCn1c(C)cc(C=C(C#N)C(=O)Oc2ccc(Cl)cc2)c1C. The van der Waals surface area contributed by atoms with E-state index in [0.717, 1.165) is 29.9 Å². The lowest BCUT2D eigenvalue weighted by Gasteiger charge is -2.07. The molecule has 0 unspecified atom stereocenters. The summed E-state index contributed by atoms with van der Waals surface area (Å²) in [4.78, 5) is 12.2. The minimum absolute atomic E-state index is 0.0401. The van der Waals surface area contributed by atoms with Crippen molar-refractivity contribution in [2.75, 3.05) is 0 Å². The molecule has 0 atom stereocenters. The van der Waals surface area contributed by atoms with Gasteiger partial charge in [-0.05, 0) is 62.2 Å². The Kier molecular flexibility index (Phi) is 5.83. The molecule has 0 aliphatic rings. The third-order valence-corrected chi connectivity index (χ3v) is 3.98. The number of aromatic nitrogens is 1. The van der Waals surface area contributed by atoms with E-state index >= 15 is 0 Å². The van der Waals surface area contributed by atoms with E-state index < -0.39 is 5.97 Å². The minimum Gasteiger partial charge on any atom is -0.422 e. The number of hydrogen-bond donors (Lipinski definition) is 0. The maximum absolute atomic E-state index is 12.2. The Morgan fingerprint density at radius 3 is 2.58 bits per heavy atom. The van der Waals surface area contributed by atoms with Crippen LogP contribution in [0.25, 0.3) is 6.08 Å². The first-order valence-corrected chi connectivity index (χ1v) is 8.10. The summed E-state index contributed by atoms with van der Waals surface area (Å²) in [6, 6.07) is 10.3. The van der Waals surface area contributed by atoms with E-state index in [1.165, 1.54) is 0 Å². The van der Waals surface area contributed by atoms with Gasteiger partial charge in [0, 0.05) is 23.0 Å². The molecule has 5 heteroatoms. The van der Waals surface area contributed by atoms with Crippen LogP contribution in [0.1, 0.15) is 30.3 Å². The third kappa shape index (κ3) is 4.06. The van der Waals surface area contributed by atoms with Crippen LogP contribution in [0.2, 0.25) is 5.02 Å². The summed E-state index contributed by atoms with van der Waals surface area (Å²) in [5, 5.41) is 9.85. The van der Waals surface area contributed by atoms with Crippen LogP contribution >= 0.6 is 11.6 Å². The van der Waals surface area contributed by atoms with Gasteiger partial charge in [-0.2, -0.15) is 5.26 Å². The predicted molar refractivity (Wildman–Crippen MR) is 94.9 cm³/mol. The number of nitriles is 1. The van der Waals surface area contributed by atoms with Crippen molar-refractivity contribution in [3.63, 3.8) is 0 Å². The highest BCUT2D eigenvalue weighted by atomic mass is 35.5. The molecule has 0 radical (unpaired) electrons. The molecule has 0 aliphatic heterocycles. The average Bonchev–Trinajstić information content (AvgIpc) is 2.82. The van der Waals surface area contributed by atoms with E-state index in [-0.39, 0.29) is 5.57 Å². The highest BCUT2D eigenvalue weighted by Gasteiger charge is 2.14. The molecule has 2 aromatic rings. The van der Waals surface area contributed by atoms with E-state index in [0.29, 0.717) is 10.8 Å². The summed E-state index contributed by atoms with van der Waals surface area (Å²) < 4.78 is 7.40. The van der Waals surface area contributed by atoms with Crippen molar-refractivity contribution in [2.45, 2.75) is 33.7 Å². The van der Waals surface area contributed by atoms with Crippen molar-refractivity contribution in [3.05, 3.63) is 57.9 Å². The second-order valence-electron chi connectivity index (χ2n) is 5.49. The highest BCUT2D eigenvalue weighted by Crippen LogP contribution is 2.20. The van der Waals surface area contributed by atoms with Crippen LogP contribution in [0.3, 0.4) is 0 Å². The van der Waals surface area contributed by atoms with Gasteiger partial charge >= 0.3 is 5.97 Å². The quantitative estimate of drug-likeness (QED) is 0.343. The number of benzene rings is 1. The van der Waals surface area contributed by atoms with Gasteiger partial charge in [0.15, 0.2) is 0 Å². The van der Waals surface area contributed by atoms with Gasteiger partial charge < -0.3 is 9.30 Å². The van der Waals surface area contributed by atoms with Crippen LogP contribution in [-0.4, -0.2) is 10.5 Å². The van der Waals surface area contributed by atoms with E-state index in [2.05, 4.69) is 11.5 Å². The van der Waals surface area contributed by atoms with Crippen molar-refractivity contribution in [1.82, 2.24) is 4.57 Å². The van der Waals surface area contributed by atoms with E-state index in [1.54, 1.807) is 30.3 Å². The largest absolute Gasteiger partial charge is 0.422 e. The molecule has 0 aliphatic carbocycles. The maximum atomic E-state index is 12.2.